The molecule has 0 aromatic carbocycles. The van der Waals surface area contributed by atoms with Gasteiger partial charge in [-0.1, -0.05) is 13.2 Å². The fraction of sp³-hybridized carbons (Fsp3) is 0.125. The van der Waals surface area contributed by atoms with Crippen LogP contribution < -0.4 is 0 Å². The van der Waals surface area contributed by atoms with Crippen molar-refractivity contribution in [3.05, 3.63) is 43.0 Å². The first kappa shape index (κ1) is 20.7. The average molecular weight is 272 g/mol. The molecular formula is C8H5F9. The van der Waals surface area contributed by atoms with Gasteiger partial charge in [0.05, 0.1) is 0 Å². The molecule has 0 aliphatic carbocycles. The lowest BCUT2D eigenvalue weighted by atomic mass is 10.6. The summed E-state index contributed by atoms with van der Waals surface area (Å²) in [5.41, 5.74) is 2.25. The number of halogens is 9. The van der Waals surface area contributed by atoms with Gasteiger partial charge in [0.2, 0.25) is 5.83 Å². The van der Waals surface area contributed by atoms with Crippen LogP contribution in [-0.4, -0.2) is 6.43 Å². The SMILES string of the molecule is C=C=C.FC(F)=C(F)C(F)F.FC(F)=C(F)F. The van der Waals surface area contributed by atoms with E-state index in [1.54, 1.807) is 0 Å². The molecular weight excluding hydrogens is 267 g/mol. The Morgan fingerprint density at radius 3 is 0.941 bits per heavy atom. The van der Waals surface area contributed by atoms with E-state index in [0.717, 1.165) is 0 Å². The van der Waals surface area contributed by atoms with Crippen molar-refractivity contribution < 1.29 is 39.5 Å². The number of hydrogen-bond acceptors (Lipinski definition) is 0. The Balaban J connectivity index is -0.000000193. The van der Waals surface area contributed by atoms with Crippen molar-refractivity contribution in [3.63, 3.8) is 0 Å². The first-order valence-corrected chi connectivity index (χ1v) is 3.26. The number of rotatable bonds is 1. The van der Waals surface area contributed by atoms with Crippen LogP contribution in [0.1, 0.15) is 0 Å². The molecule has 0 heterocycles. The topological polar surface area (TPSA) is 0 Å². The van der Waals surface area contributed by atoms with Gasteiger partial charge in [0, 0.05) is 0 Å². The minimum absolute atomic E-state index is 2.25. The van der Waals surface area contributed by atoms with Crippen LogP contribution in [0, 0.1) is 0 Å². The van der Waals surface area contributed by atoms with Crippen LogP contribution in [0.2, 0.25) is 0 Å². The molecule has 0 rings (SSSR count). The summed E-state index contributed by atoms with van der Waals surface area (Å²) in [4.78, 5) is 0. The number of allylic oxidation sites excluding steroid dienone is 1. The zero-order valence-corrected chi connectivity index (χ0v) is 7.89. The van der Waals surface area contributed by atoms with E-state index < -0.39 is 30.5 Å². The van der Waals surface area contributed by atoms with Crippen molar-refractivity contribution in [1.29, 1.82) is 0 Å². The minimum Gasteiger partial charge on any atom is -0.202 e. The summed E-state index contributed by atoms with van der Waals surface area (Å²) in [6.07, 6.45) is -12.5. The molecule has 0 aromatic heterocycles. The minimum atomic E-state index is -3.69. The average Bonchev–Trinajstić information content (AvgIpc) is 2.18. The first-order valence-electron chi connectivity index (χ1n) is 3.26. The molecule has 0 aromatic rings. The molecule has 0 nitrogen and oxygen atoms in total. The summed E-state index contributed by atoms with van der Waals surface area (Å²) in [6, 6.07) is 0. The van der Waals surface area contributed by atoms with Crippen molar-refractivity contribution in [1.82, 2.24) is 0 Å². The van der Waals surface area contributed by atoms with Gasteiger partial charge >= 0.3 is 18.2 Å². The van der Waals surface area contributed by atoms with Crippen LogP contribution in [0.4, 0.5) is 39.5 Å². The maximum atomic E-state index is 11.0. The molecule has 0 radical (unpaired) electrons. The molecule has 0 aliphatic rings. The zero-order valence-electron chi connectivity index (χ0n) is 7.89. The highest BCUT2D eigenvalue weighted by Gasteiger charge is 2.16. The molecule has 0 spiro atoms. The van der Waals surface area contributed by atoms with E-state index in [2.05, 4.69) is 18.9 Å². The molecule has 0 atom stereocenters. The Hall–Kier alpha value is -1.63. The van der Waals surface area contributed by atoms with Gasteiger partial charge in [-0.15, -0.1) is 5.73 Å². The summed E-state index contributed by atoms with van der Waals surface area (Å²) >= 11 is 0. The predicted octanol–water partition coefficient (Wildman–Crippen LogP) is 5.28. The molecule has 0 saturated heterocycles. The Morgan fingerprint density at radius 2 is 0.941 bits per heavy atom. The van der Waals surface area contributed by atoms with Gasteiger partial charge in [0.25, 0.3) is 6.43 Å². The molecule has 0 saturated carbocycles. The highest BCUT2D eigenvalue weighted by molar-refractivity contribution is 4.93. The van der Waals surface area contributed by atoms with Gasteiger partial charge in [-0.2, -0.15) is 30.7 Å². The summed E-state index contributed by atoms with van der Waals surface area (Å²) in [7, 11) is 0. The van der Waals surface area contributed by atoms with Gasteiger partial charge in [0.1, 0.15) is 0 Å². The normalized spacial score (nSPS) is 7.88. The van der Waals surface area contributed by atoms with Crippen molar-refractivity contribution in [2.75, 3.05) is 0 Å². The van der Waals surface area contributed by atoms with Crippen LogP contribution in [0.3, 0.4) is 0 Å². The standard InChI is InChI=1S/C3HF5.C3H4.C2F4/c4-1(2(5)6)3(7)8;1-3-2;3-1(4)2(5)6/h2H;1-2H2;. The van der Waals surface area contributed by atoms with Crippen LogP contribution in [0.25, 0.3) is 0 Å². The molecule has 0 fully saturated rings. The van der Waals surface area contributed by atoms with E-state index >= 15 is 0 Å². The van der Waals surface area contributed by atoms with Crippen LogP contribution in [0.15, 0.2) is 43.0 Å². The van der Waals surface area contributed by atoms with Crippen molar-refractivity contribution in [2.45, 2.75) is 6.43 Å². The van der Waals surface area contributed by atoms with Crippen molar-refractivity contribution >= 4 is 0 Å². The van der Waals surface area contributed by atoms with Gasteiger partial charge in [-0.25, -0.2) is 8.78 Å². The van der Waals surface area contributed by atoms with Crippen LogP contribution >= 0.6 is 0 Å². The second kappa shape index (κ2) is 12.4. The molecule has 0 N–H and O–H groups in total. The fourth-order valence-electron chi connectivity index (χ4n) is 0.0825. The van der Waals surface area contributed by atoms with Gasteiger partial charge in [-0.05, 0) is 0 Å². The largest absolute Gasteiger partial charge is 0.334 e. The smallest absolute Gasteiger partial charge is 0.202 e. The molecule has 0 unspecified atom stereocenters. The number of alkyl halides is 2. The quantitative estimate of drug-likeness (QED) is 0.450. The Morgan fingerprint density at radius 1 is 0.706 bits per heavy atom. The van der Waals surface area contributed by atoms with E-state index in [4.69, 9.17) is 0 Å². The summed E-state index contributed by atoms with van der Waals surface area (Å²) in [5.74, 6) is -2.65. The highest BCUT2D eigenvalue weighted by Crippen LogP contribution is 2.16. The third-order valence-electron chi connectivity index (χ3n) is 0.515. The van der Waals surface area contributed by atoms with E-state index in [0.29, 0.717) is 0 Å². The summed E-state index contributed by atoms with van der Waals surface area (Å²) in [5, 5.41) is 0. The van der Waals surface area contributed by atoms with E-state index in [1.165, 1.54) is 0 Å². The van der Waals surface area contributed by atoms with Crippen LogP contribution in [-0.2, 0) is 0 Å². The molecule has 0 bridgehead atoms. The van der Waals surface area contributed by atoms with E-state index in [1.807, 2.05) is 0 Å². The second-order valence-electron chi connectivity index (χ2n) is 1.68. The Labute approximate surface area is 90.0 Å². The lowest BCUT2D eigenvalue weighted by Crippen LogP contribution is -1.90. The van der Waals surface area contributed by atoms with Gasteiger partial charge in [0.15, 0.2) is 0 Å². The molecule has 100 valence electrons. The lowest BCUT2D eigenvalue weighted by Gasteiger charge is -1.88. The Kier molecular flexibility index (Phi) is 15.2. The summed E-state index contributed by atoms with van der Waals surface area (Å²) < 4.78 is 95.1. The zero-order chi connectivity index (χ0) is 14.6. The Bertz CT molecular complexity index is 274. The third kappa shape index (κ3) is 20.4. The maximum Gasteiger partial charge on any atom is 0.334 e. The lowest BCUT2D eigenvalue weighted by molar-refractivity contribution is 0.145. The number of hydrogen-bond donors (Lipinski definition) is 0. The van der Waals surface area contributed by atoms with Crippen molar-refractivity contribution in [2.24, 2.45) is 0 Å². The second-order valence-corrected chi connectivity index (χ2v) is 1.68. The maximum absolute atomic E-state index is 11.0. The monoisotopic (exact) mass is 272 g/mol. The van der Waals surface area contributed by atoms with E-state index in [-0.39, 0.29) is 0 Å². The fourth-order valence-corrected chi connectivity index (χ4v) is 0.0825. The molecule has 17 heavy (non-hydrogen) atoms. The summed E-state index contributed by atoms with van der Waals surface area (Å²) in [6.45, 7) is 6.25. The highest BCUT2D eigenvalue weighted by atomic mass is 19.3. The first-order chi connectivity index (χ1) is 7.61. The van der Waals surface area contributed by atoms with E-state index in [9.17, 15) is 39.5 Å². The predicted molar refractivity (Wildman–Crippen MR) is 42.6 cm³/mol. The van der Waals surface area contributed by atoms with Crippen LogP contribution in [0.5, 0.6) is 0 Å². The van der Waals surface area contributed by atoms with Gasteiger partial charge in [-0.3, -0.25) is 0 Å². The van der Waals surface area contributed by atoms with Gasteiger partial charge < -0.3 is 0 Å². The third-order valence-corrected chi connectivity index (χ3v) is 0.515. The molecule has 9 heteroatoms. The van der Waals surface area contributed by atoms with Crippen molar-refractivity contribution in [3.8, 4) is 0 Å². The molecule has 0 amide bonds. The molecule has 0 aliphatic heterocycles.